The number of rotatable bonds is 3. The summed E-state index contributed by atoms with van der Waals surface area (Å²) in [7, 11) is 0. The largest absolute Gasteiger partial charge is 0.471 e. The van der Waals surface area contributed by atoms with Gasteiger partial charge < -0.3 is 15.0 Å². The topological polar surface area (TPSA) is 54.5 Å². The highest BCUT2D eigenvalue weighted by molar-refractivity contribution is 5.89. The molecule has 5 heteroatoms. The molecule has 4 rings (SSSR count). The first-order valence-corrected chi connectivity index (χ1v) is 8.32. The average Bonchev–Trinajstić information content (AvgIpc) is 2.59. The molecule has 1 aromatic heterocycles. The molecule has 1 aliphatic heterocycles. The highest BCUT2D eigenvalue weighted by Crippen LogP contribution is 2.21. The number of nitrogens with zero attached hydrogens (tertiary/aromatic N) is 2. The van der Waals surface area contributed by atoms with Crippen molar-refractivity contribution >= 4 is 22.6 Å². The average molecular weight is 333 g/mol. The van der Waals surface area contributed by atoms with Gasteiger partial charge in [0.25, 0.3) is 0 Å². The van der Waals surface area contributed by atoms with Gasteiger partial charge in [-0.25, -0.2) is 9.78 Å². The van der Waals surface area contributed by atoms with Gasteiger partial charge in [-0.15, -0.1) is 0 Å². The lowest BCUT2D eigenvalue weighted by atomic mass is 10.2. The third kappa shape index (κ3) is 3.40. The standard InChI is InChI=1S/C20H19N3O2/c1-14-6-9-16(10-7-14)21-20(24)23-12-17(13-23)25-19-11-8-15-4-2-3-5-18(15)22-19/h2-11,17H,12-13H2,1H3,(H,21,24). The minimum Gasteiger partial charge on any atom is -0.471 e. The van der Waals surface area contributed by atoms with E-state index in [2.05, 4.69) is 10.3 Å². The summed E-state index contributed by atoms with van der Waals surface area (Å²) >= 11 is 0. The second-order valence-electron chi connectivity index (χ2n) is 6.28. The third-order valence-electron chi connectivity index (χ3n) is 4.30. The Hall–Kier alpha value is -3.08. The van der Waals surface area contributed by atoms with Gasteiger partial charge >= 0.3 is 6.03 Å². The van der Waals surface area contributed by atoms with Crippen molar-refractivity contribution in [3.63, 3.8) is 0 Å². The van der Waals surface area contributed by atoms with Crippen molar-refractivity contribution in [3.05, 3.63) is 66.2 Å². The molecule has 3 aromatic rings. The van der Waals surface area contributed by atoms with Crippen LogP contribution in [-0.2, 0) is 0 Å². The number of ether oxygens (including phenoxy) is 1. The molecule has 2 amide bonds. The van der Waals surface area contributed by atoms with Crippen LogP contribution in [0.1, 0.15) is 5.56 Å². The molecule has 0 radical (unpaired) electrons. The Labute approximate surface area is 146 Å². The molecule has 5 nitrogen and oxygen atoms in total. The van der Waals surface area contributed by atoms with Crippen molar-refractivity contribution in [2.75, 3.05) is 18.4 Å². The molecule has 0 atom stereocenters. The van der Waals surface area contributed by atoms with E-state index in [-0.39, 0.29) is 12.1 Å². The van der Waals surface area contributed by atoms with Gasteiger partial charge in [0, 0.05) is 17.1 Å². The summed E-state index contributed by atoms with van der Waals surface area (Å²) < 4.78 is 5.87. The predicted octanol–water partition coefficient (Wildman–Crippen LogP) is 3.84. The molecular formula is C20H19N3O2. The number of benzene rings is 2. The van der Waals surface area contributed by atoms with Crippen LogP contribution in [0.4, 0.5) is 10.5 Å². The minimum absolute atomic E-state index is 0.0163. The Morgan fingerprint density at radius 3 is 2.64 bits per heavy atom. The van der Waals surface area contributed by atoms with Crippen LogP contribution in [0.2, 0.25) is 0 Å². The predicted molar refractivity (Wildman–Crippen MR) is 97.9 cm³/mol. The summed E-state index contributed by atoms with van der Waals surface area (Å²) in [6.07, 6.45) is -0.0163. The van der Waals surface area contributed by atoms with Crippen molar-refractivity contribution in [1.29, 1.82) is 0 Å². The normalized spacial score (nSPS) is 14.2. The molecule has 25 heavy (non-hydrogen) atoms. The number of aryl methyl sites for hydroxylation is 1. The molecule has 0 aliphatic carbocycles. The Kier molecular flexibility index (Phi) is 3.98. The van der Waals surface area contributed by atoms with E-state index in [0.717, 1.165) is 16.6 Å². The van der Waals surface area contributed by atoms with Crippen LogP contribution in [0.5, 0.6) is 5.88 Å². The number of hydrogen-bond acceptors (Lipinski definition) is 3. The first-order chi connectivity index (χ1) is 12.2. The SMILES string of the molecule is Cc1ccc(NC(=O)N2CC(Oc3ccc4ccccc4n3)C2)cc1. The van der Waals surface area contributed by atoms with Crippen molar-refractivity contribution in [1.82, 2.24) is 9.88 Å². The summed E-state index contributed by atoms with van der Waals surface area (Å²) in [6.45, 7) is 3.14. The van der Waals surface area contributed by atoms with Gasteiger partial charge in [-0.1, -0.05) is 35.9 Å². The van der Waals surface area contributed by atoms with E-state index in [4.69, 9.17) is 4.74 Å². The second-order valence-corrected chi connectivity index (χ2v) is 6.28. The molecule has 0 spiro atoms. The molecule has 0 saturated carbocycles. The van der Waals surface area contributed by atoms with Crippen molar-refractivity contribution < 1.29 is 9.53 Å². The lowest BCUT2D eigenvalue weighted by Crippen LogP contribution is -2.57. The molecule has 1 N–H and O–H groups in total. The number of anilines is 1. The van der Waals surface area contributed by atoms with Crippen LogP contribution >= 0.6 is 0 Å². The Morgan fingerprint density at radius 2 is 1.84 bits per heavy atom. The van der Waals surface area contributed by atoms with Crippen LogP contribution in [0, 0.1) is 6.92 Å². The van der Waals surface area contributed by atoms with Crippen molar-refractivity contribution in [2.24, 2.45) is 0 Å². The summed E-state index contributed by atoms with van der Waals surface area (Å²) in [5, 5.41) is 3.98. The number of likely N-dealkylation sites (tertiary alicyclic amines) is 1. The number of carbonyl (C=O) groups excluding carboxylic acids is 1. The summed E-state index contributed by atoms with van der Waals surface area (Å²) in [4.78, 5) is 18.4. The van der Waals surface area contributed by atoms with Crippen LogP contribution in [0.3, 0.4) is 0 Å². The molecule has 0 unspecified atom stereocenters. The van der Waals surface area contributed by atoms with E-state index in [1.165, 1.54) is 5.56 Å². The van der Waals surface area contributed by atoms with E-state index in [1.54, 1.807) is 4.90 Å². The van der Waals surface area contributed by atoms with Gasteiger partial charge in [0.05, 0.1) is 18.6 Å². The quantitative estimate of drug-likeness (QED) is 0.792. The van der Waals surface area contributed by atoms with Gasteiger partial charge in [0.15, 0.2) is 0 Å². The molecule has 1 fully saturated rings. The lowest BCUT2D eigenvalue weighted by molar-refractivity contribution is 0.0463. The van der Waals surface area contributed by atoms with E-state index < -0.39 is 0 Å². The maximum Gasteiger partial charge on any atom is 0.322 e. The van der Waals surface area contributed by atoms with Crippen LogP contribution in [-0.4, -0.2) is 35.1 Å². The molecule has 2 heterocycles. The minimum atomic E-state index is -0.102. The number of aromatic nitrogens is 1. The van der Waals surface area contributed by atoms with Crippen molar-refractivity contribution in [3.8, 4) is 5.88 Å². The monoisotopic (exact) mass is 333 g/mol. The second kappa shape index (κ2) is 6.43. The van der Waals surface area contributed by atoms with Gasteiger partial charge in [0.2, 0.25) is 5.88 Å². The number of pyridine rings is 1. The van der Waals surface area contributed by atoms with Crippen LogP contribution in [0.15, 0.2) is 60.7 Å². The smallest absolute Gasteiger partial charge is 0.322 e. The third-order valence-corrected chi connectivity index (χ3v) is 4.30. The zero-order chi connectivity index (χ0) is 17.2. The fraction of sp³-hybridized carbons (Fsp3) is 0.200. The number of amides is 2. The first kappa shape index (κ1) is 15.4. The van der Waals surface area contributed by atoms with Crippen LogP contribution < -0.4 is 10.1 Å². The first-order valence-electron chi connectivity index (χ1n) is 8.32. The van der Waals surface area contributed by atoms with Crippen LogP contribution in [0.25, 0.3) is 10.9 Å². The Balaban J connectivity index is 1.32. The van der Waals surface area contributed by atoms with Gasteiger partial charge in [-0.05, 0) is 31.2 Å². The number of nitrogens with one attached hydrogen (secondary N) is 1. The molecule has 0 bridgehead atoms. The number of hydrogen-bond donors (Lipinski definition) is 1. The highest BCUT2D eigenvalue weighted by atomic mass is 16.5. The molecule has 1 aliphatic rings. The summed E-state index contributed by atoms with van der Waals surface area (Å²) in [5.41, 5.74) is 2.88. The number of para-hydroxylation sites is 1. The Morgan fingerprint density at radius 1 is 1.08 bits per heavy atom. The Bertz CT molecular complexity index is 902. The zero-order valence-electron chi connectivity index (χ0n) is 14.0. The fourth-order valence-electron chi connectivity index (χ4n) is 2.80. The molecule has 2 aromatic carbocycles. The molecular weight excluding hydrogens is 314 g/mol. The van der Waals surface area contributed by atoms with Crippen molar-refractivity contribution in [2.45, 2.75) is 13.0 Å². The fourth-order valence-corrected chi connectivity index (χ4v) is 2.80. The van der Waals surface area contributed by atoms with E-state index >= 15 is 0 Å². The summed E-state index contributed by atoms with van der Waals surface area (Å²) in [6, 6.07) is 19.5. The van der Waals surface area contributed by atoms with E-state index in [0.29, 0.717) is 19.0 Å². The van der Waals surface area contributed by atoms with E-state index in [9.17, 15) is 4.79 Å². The maximum atomic E-state index is 12.2. The lowest BCUT2D eigenvalue weighted by Gasteiger charge is -2.38. The molecule has 126 valence electrons. The van der Waals surface area contributed by atoms with E-state index in [1.807, 2.05) is 67.6 Å². The number of urea groups is 1. The number of carbonyl (C=O) groups is 1. The highest BCUT2D eigenvalue weighted by Gasteiger charge is 2.32. The molecule has 1 saturated heterocycles. The summed E-state index contributed by atoms with van der Waals surface area (Å²) in [5.74, 6) is 0.599. The van der Waals surface area contributed by atoms with Gasteiger partial charge in [-0.3, -0.25) is 0 Å². The van der Waals surface area contributed by atoms with Gasteiger partial charge in [0.1, 0.15) is 6.10 Å². The number of fused-ring (bicyclic) bond motifs is 1. The van der Waals surface area contributed by atoms with Gasteiger partial charge in [-0.2, -0.15) is 0 Å². The maximum absolute atomic E-state index is 12.2. The zero-order valence-corrected chi connectivity index (χ0v) is 14.0.